The van der Waals surface area contributed by atoms with Gasteiger partial charge in [-0.2, -0.15) is 0 Å². The summed E-state index contributed by atoms with van der Waals surface area (Å²) < 4.78 is 22.7. The molecule has 1 saturated heterocycles. The number of imidazole rings is 1. The van der Waals surface area contributed by atoms with Gasteiger partial charge in [-0.1, -0.05) is 0 Å². The van der Waals surface area contributed by atoms with Gasteiger partial charge in [-0.25, -0.2) is 19.5 Å². The van der Waals surface area contributed by atoms with Gasteiger partial charge in [-0.3, -0.25) is 14.4 Å². The van der Waals surface area contributed by atoms with E-state index in [0.29, 0.717) is 0 Å². The molecule has 0 aliphatic carbocycles. The molecule has 0 amide bonds. The number of aromatic hydroxyl groups is 2. The fraction of sp³-hybridized carbons (Fsp3) is 0.353. The molecule has 1 aliphatic heterocycles. The van der Waals surface area contributed by atoms with Crippen LogP contribution in [0.15, 0.2) is 18.7 Å². The van der Waals surface area contributed by atoms with E-state index >= 15 is 0 Å². The lowest BCUT2D eigenvalue weighted by Gasteiger charge is -2.17. The van der Waals surface area contributed by atoms with E-state index in [1.165, 1.54) is 17.2 Å². The summed E-state index contributed by atoms with van der Waals surface area (Å²) in [6.45, 7) is -0.751. The molecule has 34 heavy (non-hydrogen) atoms. The smallest absolute Gasteiger partial charge is 0.506 e. The van der Waals surface area contributed by atoms with E-state index in [9.17, 15) is 30.1 Å². The number of ether oxygens (including phenoxy) is 1. The van der Waals surface area contributed by atoms with Crippen molar-refractivity contribution in [1.29, 1.82) is 0 Å². The lowest BCUT2D eigenvalue weighted by Crippen LogP contribution is -2.33. The molecule has 3 heterocycles. The van der Waals surface area contributed by atoms with E-state index in [2.05, 4.69) is 24.8 Å². The van der Waals surface area contributed by atoms with Gasteiger partial charge in [0.1, 0.15) is 30.4 Å². The van der Waals surface area contributed by atoms with E-state index in [1.807, 2.05) is 0 Å². The van der Waals surface area contributed by atoms with Gasteiger partial charge < -0.3 is 40.1 Å². The monoisotopic (exact) mass is 611 g/mol. The van der Waals surface area contributed by atoms with Gasteiger partial charge in [0.2, 0.25) is 0 Å². The molecule has 0 bridgehead atoms. The number of phosphoric acid groups is 1. The minimum Gasteiger partial charge on any atom is -0.506 e. The first-order valence-electron chi connectivity index (χ1n) is 9.54. The molecule has 0 unspecified atom stereocenters. The second-order valence-corrected chi connectivity index (χ2v) is 9.57. The number of benzene rings is 1. The van der Waals surface area contributed by atoms with Crippen molar-refractivity contribution in [3.05, 3.63) is 27.9 Å². The number of aliphatic hydroxyl groups is 3. The van der Waals surface area contributed by atoms with Crippen molar-refractivity contribution in [2.45, 2.75) is 31.1 Å². The van der Waals surface area contributed by atoms with Gasteiger partial charge in [-0.15, -0.1) is 0 Å². The summed E-state index contributed by atoms with van der Waals surface area (Å²) in [6.07, 6.45) is -2.25. The minimum atomic E-state index is -4.97. The number of phenols is 2. The number of rotatable bonds is 7. The number of fused-ring (bicyclic) bond motifs is 1. The molecular formula is C17H19IN5O10P. The fourth-order valence-electron chi connectivity index (χ4n) is 3.47. The quantitative estimate of drug-likeness (QED) is 0.125. The van der Waals surface area contributed by atoms with Gasteiger partial charge in [0.05, 0.1) is 22.1 Å². The number of aliphatic hydroxyl groups excluding tert-OH is 3. The average Bonchev–Trinajstić information content (AvgIpc) is 3.32. The van der Waals surface area contributed by atoms with E-state index in [0.717, 1.165) is 6.07 Å². The molecule has 0 spiro atoms. The molecule has 17 heteroatoms. The first kappa shape index (κ1) is 24.8. The fourth-order valence-corrected chi connectivity index (χ4v) is 4.48. The lowest BCUT2D eigenvalue weighted by molar-refractivity contribution is -0.0511. The van der Waals surface area contributed by atoms with E-state index in [1.54, 1.807) is 22.6 Å². The summed E-state index contributed by atoms with van der Waals surface area (Å²) >= 11 is 1.71. The molecule has 4 rings (SSSR count). The van der Waals surface area contributed by atoms with Crippen molar-refractivity contribution in [1.82, 2.24) is 19.5 Å². The Labute approximate surface area is 204 Å². The Morgan fingerprint density at radius 3 is 2.56 bits per heavy atom. The summed E-state index contributed by atoms with van der Waals surface area (Å²) in [5.41, 5.74) is 0.315. The maximum atomic E-state index is 11.2. The number of phenolic OH excluding ortho intramolecular Hbond substituents is 2. The summed E-state index contributed by atoms with van der Waals surface area (Å²) in [5, 5.41) is 53.2. The van der Waals surface area contributed by atoms with Gasteiger partial charge in [-0.05, 0) is 22.6 Å². The molecule has 3 aromatic rings. The van der Waals surface area contributed by atoms with Crippen molar-refractivity contribution in [3.8, 4) is 17.2 Å². The third-order valence-corrected chi connectivity index (χ3v) is 6.35. The summed E-state index contributed by atoms with van der Waals surface area (Å²) in [6, 6.07) is 1.07. The first-order valence-corrected chi connectivity index (χ1v) is 12.1. The number of phosphoric ester groups is 1. The van der Waals surface area contributed by atoms with Crippen molar-refractivity contribution in [2.75, 3.05) is 11.9 Å². The third-order valence-electron chi connectivity index (χ3n) is 5.09. The second-order valence-electron chi connectivity index (χ2n) is 7.24. The molecule has 2 aromatic heterocycles. The summed E-state index contributed by atoms with van der Waals surface area (Å²) in [7, 11) is -4.97. The maximum absolute atomic E-state index is 11.2. The Morgan fingerprint density at radius 1 is 1.18 bits per heavy atom. The molecule has 0 saturated carbocycles. The van der Waals surface area contributed by atoms with Gasteiger partial charge in [0, 0.05) is 12.6 Å². The first-order chi connectivity index (χ1) is 16.0. The van der Waals surface area contributed by atoms with E-state index < -0.39 is 50.5 Å². The van der Waals surface area contributed by atoms with Crippen LogP contribution in [0.5, 0.6) is 17.2 Å². The predicted molar refractivity (Wildman–Crippen MR) is 121 cm³/mol. The molecule has 8 N–H and O–H groups in total. The van der Waals surface area contributed by atoms with Crippen LogP contribution in [-0.4, -0.2) is 79.8 Å². The van der Waals surface area contributed by atoms with Crippen molar-refractivity contribution in [3.63, 3.8) is 0 Å². The van der Waals surface area contributed by atoms with Crippen LogP contribution >= 0.6 is 30.4 Å². The highest BCUT2D eigenvalue weighted by Gasteiger charge is 2.44. The lowest BCUT2D eigenvalue weighted by atomic mass is 10.1. The molecule has 1 fully saturated rings. The third kappa shape index (κ3) is 4.63. The van der Waals surface area contributed by atoms with Crippen LogP contribution in [0, 0.1) is 3.57 Å². The number of aromatic nitrogens is 4. The standard InChI is InChI=1S/C17H19IN5O10P/c18-7-1-8(33-34(29,30)31)12(26)6(11(7)25)2-19-15-10-16(21-4-20-15)23(5-22-10)17-14(28)13(27)9(3-24)32-17/h1,4-5,9,13-14,17,24-28H,2-3H2,(H,19,20,21)(H2,29,30,31)/t9-,13-,14-,17-/m1/s1. The van der Waals surface area contributed by atoms with E-state index in [-0.39, 0.29) is 38.4 Å². The highest BCUT2D eigenvalue weighted by molar-refractivity contribution is 14.1. The Hall–Kier alpha value is -2.31. The number of nitrogens with zero attached hydrogens (tertiary/aromatic N) is 4. The van der Waals surface area contributed by atoms with Crippen molar-refractivity contribution < 1.29 is 49.1 Å². The zero-order chi connectivity index (χ0) is 24.8. The van der Waals surface area contributed by atoms with Gasteiger partial charge >= 0.3 is 7.82 Å². The number of hydrogen-bond donors (Lipinski definition) is 8. The molecule has 0 radical (unpaired) electrons. The van der Waals surface area contributed by atoms with Gasteiger partial charge in [0.15, 0.2) is 34.7 Å². The number of anilines is 1. The van der Waals surface area contributed by atoms with Crippen LogP contribution in [0.4, 0.5) is 5.82 Å². The highest BCUT2D eigenvalue weighted by atomic mass is 127. The zero-order valence-corrected chi connectivity index (χ0v) is 20.0. The van der Waals surface area contributed by atoms with Crippen molar-refractivity contribution >= 4 is 47.4 Å². The SMILES string of the molecule is O=P(O)(O)Oc1cc(I)c(O)c(CNc2ncnc3c2ncn3[C@@H]2O[C@H](CO)[C@@H](O)[C@H]2O)c1O. The zero-order valence-electron chi connectivity index (χ0n) is 16.9. The van der Waals surface area contributed by atoms with Crippen molar-refractivity contribution in [2.24, 2.45) is 0 Å². The van der Waals surface area contributed by atoms with Crippen LogP contribution in [0.3, 0.4) is 0 Å². The molecule has 1 aromatic carbocycles. The maximum Gasteiger partial charge on any atom is 0.524 e. The average molecular weight is 611 g/mol. The normalized spacial score (nSPS) is 22.9. The topological polar surface area (TPSA) is 233 Å². The molecular weight excluding hydrogens is 592 g/mol. The second kappa shape index (κ2) is 9.38. The summed E-state index contributed by atoms with van der Waals surface area (Å²) in [4.78, 5) is 30.5. The Bertz CT molecular complexity index is 1270. The largest absolute Gasteiger partial charge is 0.524 e. The van der Waals surface area contributed by atoms with Gasteiger partial charge in [0.25, 0.3) is 0 Å². The molecule has 184 valence electrons. The minimum absolute atomic E-state index is 0.120. The molecule has 15 nitrogen and oxygen atoms in total. The number of halogens is 1. The van der Waals surface area contributed by atoms with Crippen LogP contribution in [0.2, 0.25) is 0 Å². The van der Waals surface area contributed by atoms with Crippen LogP contribution in [0.1, 0.15) is 11.8 Å². The number of nitrogens with one attached hydrogen (secondary N) is 1. The Morgan fingerprint density at radius 2 is 1.91 bits per heavy atom. The highest BCUT2D eigenvalue weighted by Crippen LogP contribution is 2.46. The van der Waals surface area contributed by atoms with Crippen LogP contribution < -0.4 is 9.84 Å². The Balaban J connectivity index is 1.63. The molecule has 1 aliphatic rings. The van der Waals surface area contributed by atoms with Crippen LogP contribution in [-0.2, 0) is 15.8 Å². The number of hydrogen-bond acceptors (Lipinski definition) is 12. The van der Waals surface area contributed by atoms with E-state index in [4.69, 9.17) is 14.5 Å². The predicted octanol–water partition coefficient (Wildman–Crippen LogP) is -0.463. The van der Waals surface area contributed by atoms with Crippen LogP contribution in [0.25, 0.3) is 11.2 Å². The Kier molecular flexibility index (Phi) is 6.85. The molecule has 4 atom stereocenters. The summed E-state index contributed by atoms with van der Waals surface area (Å²) in [5.74, 6) is -1.39.